The molecule has 1 fully saturated rings. The molecule has 1 saturated carbocycles. The van der Waals surface area contributed by atoms with Crippen LogP contribution in [-0.2, 0) is 16.0 Å². The lowest BCUT2D eigenvalue weighted by atomic mass is 10.2. The van der Waals surface area contributed by atoms with Crippen LogP contribution in [0.1, 0.15) is 40.8 Å². The van der Waals surface area contributed by atoms with E-state index >= 15 is 0 Å². The van der Waals surface area contributed by atoms with E-state index in [0.29, 0.717) is 52.2 Å². The molecule has 2 heterocycles. The Morgan fingerprint density at radius 2 is 2.28 bits per heavy atom. The van der Waals surface area contributed by atoms with E-state index in [9.17, 15) is 14.7 Å². The van der Waals surface area contributed by atoms with Gasteiger partial charge in [-0.1, -0.05) is 6.08 Å². The topological polar surface area (TPSA) is 105 Å². The molecule has 2 aromatic heterocycles. The first-order chi connectivity index (χ1) is 13.9. The molecule has 29 heavy (non-hydrogen) atoms. The zero-order valence-electron chi connectivity index (χ0n) is 16.8. The van der Waals surface area contributed by atoms with Gasteiger partial charge in [0.05, 0.1) is 37.9 Å². The van der Waals surface area contributed by atoms with Gasteiger partial charge in [0.1, 0.15) is 15.5 Å². The average molecular weight is 422 g/mol. The van der Waals surface area contributed by atoms with Gasteiger partial charge in [0.2, 0.25) is 0 Å². The van der Waals surface area contributed by atoms with Gasteiger partial charge in [-0.2, -0.15) is 0 Å². The monoisotopic (exact) mass is 421 g/mol. The summed E-state index contributed by atoms with van der Waals surface area (Å²) in [5, 5.41) is 10.7. The van der Waals surface area contributed by atoms with E-state index in [0.717, 1.165) is 12.8 Å². The fourth-order valence-corrected chi connectivity index (χ4v) is 4.33. The number of hydrogen-bond acceptors (Lipinski definition) is 8. The van der Waals surface area contributed by atoms with Crippen molar-refractivity contribution in [1.82, 2.24) is 14.9 Å². The van der Waals surface area contributed by atoms with Crippen molar-refractivity contribution in [1.29, 1.82) is 0 Å². The molecule has 3 rings (SSSR count). The maximum Gasteiger partial charge on any atom is 0.348 e. The predicted molar refractivity (Wildman–Crippen MR) is 111 cm³/mol. The third-order valence-corrected chi connectivity index (χ3v) is 5.88. The number of aromatic nitrogens is 2. The molecule has 0 spiro atoms. The van der Waals surface area contributed by atoms with Gasteiger partial charge in [-0.3, -0.25) is 9.69 Å². The quantitative estimate of drug-likeness (QED) is 0.325. The minimum absolute atomic E-state index is 0.227. The van der Waals surface area contributed by atoms with E-state index in [4.69, 9.17) is 9.47 Å². The van der Waals surface area contributed by atoms with Gasteiger partial charge in [-0.25, -0.2) is 9.78 Å². The maximum absolute atomic E-state index is 12.6. The summed E-state index contributed by atoms with van der Waals surface area (Å²) in [5.74, 6) is 0.0847. The van der Waals surface area contributed by atoms with Crippen molar-refractivity contribution in [2.24, 2.45) is 0 Å². The van der Waals surface area contributed by atoms with Gasteiger partial charge >= 0.3 is 5.97 Å². The molecule has 2 aromatic rings. The van der Waals surface area contributed by atoms with Crippen LogP contribution in [0.2, 0.25) is 0 Å². The van der Waals surface area contributed by atoms with Crippen LogP contribution in [0, 0.1) is 6.92 Å². The highest BCUT2D eigenvalue weighted by atomic mass is 32.1. The Labute approximate surface area is 173 Å². The number of H-pyrrole nitrogens is 1. The number of fused-ring (bicyclic) bond motifs is 1. The first-order valence-corrected chi connectivity index (χ1v) is 10.6. The van der Waals surface area contributed by atoms with Crippen molar-refractivity contribution in [3.63, 3.8) is 0 Å². The molecule has 1 aliphatic rings. The molecular weight excluding hydrogens is 394 g/mol. The van der Waals surface area contributed by atoms with Crippen LogP contribution in [0.15, 0.2) is 17.4 Å². The summed E-state index contributed by atoms with van der Waals surface area (Å²) >= 11 is 1.18. The SMILES string of the molecule is C=CCOCC(O)CN(Cc1nc2sc(C(=O)OCC)c(C)c2c(=O)[nH]1)C1CC1. The molecule has 0 amide bonds. The van der Waals surface area contributed by atoms with Crippen LogP contribution in [-0.4, -0.2) is 64.5 Å². The molecule has 0 aliphatic heterocycles. The molecule has 0 saturated heterocycles. The zero-order valence-corrected chi connectivity index (χ0v) is 17.6. The summed E-state index contributed by atoms with van der Waals surface area (Å²) < 4.78 is 10.4. The third kappa shape index (κ3) is 5.30. The van der Waals surface area contributed by atoms with Crippen molar-refractivity contribution >= 4 is 27.5 Å². The average Bonchev–Trinajstić information content (AvgIpc) is 3.45. The molecule has 0 aromatic carbocycles. The van der Waals surface area contributed by atoms with Gasteiger partial charge < -0.3 is 19.6 Å². The Morgan fingerprint density at radius 3 is 2.93 bits per heavy atom. The van der Waals surface area contributed by atoms with Crippen LogP contribution in [0.25, 0.3) is 10.2 Å². The number of aliphatic hydroxyl groups is 1. The smallest absolute Gasteiger partial charge is 0.348 e. The molecule has 1 atom stereocenters. The van der Waals surface area contributed by atoms with Gasteiger partial charge in [0.15, 0.2) is 0 Å². The minimum Gasteiger partial charge on any atom is -0.462 e. The number of nitrogens with one attached hydrogen (secondary N) is 1. The van der Waals surface area contributed by atoms with Crippen LogP contribution in [0.5, 0.6) is 0 Å². The van der Waals surface area contributed by atoms with E-state index in [1.165, 1.54) is 11.3 Å². The lowest BCUT2D eigenvalue weighted by Crippen LogP contribution is -2.37. The fourth-order valence-electron chi connectivity index (χ4n) is 3.24. The van der Waals surface area contributed by atoms with Gasteiger partial charge in [0, 0.05) is 12.6 Å². The van der Waals surface area contributed by atoms with Crippen molar-refractivity contribution < 1.29 is 19.4 Å². The Balaban J connectivity index is 1.78. The Bertz CT molecular complexity index is 934. The van der Waals surface area contributed by atoms with Crippen molar-refractivity contribution in [3.05, 3.63) is 39.3 Å². The normalized spacial score (nSPS) is 15.0. The number of esters is 1. The second-order valence-corrected chi connectivity index (χ2v) is 8.11. The summed E-state index contributed by atoms with van der Waals surface area (Å²) in [6.07, 6.45) is 3.11. The number of ether oxygens (including phenoxy) is 2. The number of rotatable bonds is 11. The summed E-state index contributed by atoms with van der Waals surface area (Å²) in [5.41, 5.74) is 0.331. The van der Waals surface area contributed by atoms with Crippen molar-refractivity contribution in [3.8, 4) is 0 Å². The maximum atomic E-state index is 12.6. The van der Waals surface area contributed by atoms with E-state index < -0.39 is 12.1 Å². The Hall–Kier alpha value is -2.07. The number of thiophene rings is 1. The fraction of sp³-hybridized carbons (Fsp3) is 0.550. The molecule has 9 heteroatoms. The van der Waals surface area contributed by atoms with Gasteiger partial charge in [0.25, 0.3) is 5.56 Å². The van der Waals surface area contributed by atoms with Crippen LogP contribution < -0.4 is 5.56 Å². The highest BCUT2D eigenvalue weighted by molar-refractivity contribution is 7.20. The molecule has 0 bridgehead atoms. The summed E-state index contributed by atoms with van der Waals surface area (Å²) in [4.78, 5) is 35.2. The second-order valence-electron chi connectivity index (χ2n) is 7.11. The van der Waals surface area contributed by atoms with Gasteiger partial charge in [-0.15, -0.1) is 17.9 Å². The molecule has 1 aliphatic carbocycles. The van der Waals surface area contributed by atoms with Crippen molar-refractivity contribution in [2.75, 3.05) is 26.4 Å². The molecule has 2 N–H and O–H groups in total. The number of aliphatic hydroxyl groups excluding tert-OH is 1. The largest absolute Gasteiger partial charge is 0.462 e. The minimum atomic E-state index is -0.634. The van der Waals surface area contributed by atoms with E-state index in [-0.39, 0.29) is 18.8 Å². The zero-order chi connectivity index (χ0) is 21.0. The van der Waals surface area contributed by atoms with E-state index in [2.05, 4.69) is 21.4 Å². The first-order valence-electron chi connectivity index (χ1n) is 9.74. The molecule has 158 valence electrons. The molecule has 8 nitrogen and oxygen atoms in total. The highest BCUT2D eigenvalue weighted by Crippen LogP contribution is 2.30. The van der Waals surface area contributed by atoms with Crippen LogP contribution >= 0.6 is 11.3 Å². The number of carbonyl (C=O) groups excluding carboxylic acids is 1. The van der Waals surface area contributed by atoms with Crippen LogP contribution in [0.3, 0.4) is 0 Å². The summed E-state index contributed by atoms with van der Waals surface area (Å²) in [6, 6.07) is 0.366. The third-order valence-electron chi connectivity index (χ3n) is 4.72. The molecule has 0 radical (unpaired) electrons. The molecule has 1 unspecified atom stereocenters. The summed E-state index contributed by atoms with van der Waals surface area (Å²) in [7, 11) is 0. The number of nitrogens with zero attached hydrogens (tertiary/aromatic N) is 2. The highest BCUT2D eigenvalue weighted by Gasteiger charge is 2.31. The first kappa shape index (κ1) is 21.6. The predicted octanol–water partition coefficient (Wildman–Crippen LogP) is 2.00. The number of aromatic amines is 1. The second kappa shape index (κ2) is 9.62. The van der Waals surface area contributed by atoms with Crippen molar-refractivity contribution in [2.45, 2.75) is 45.4 Å². The lowest BCUT2D eigenvalue weighted by molar-refractivity contribution is 0.0222. The lowest BCUT2D eigenvalue weighted by Gasteiger charge is -2.24. The van der Waals surface area contributed by atoms with Gasteiger partial charge in [-0.05, 0) is 32.3 Å². The summed E-state index contributed by atoms with van der Waals surface area (Å²) in [6.45, 7) is 8.81. The Kier molecular flexibility index (Phi) is 7.18. The number of hydrogen-bond donors (Lipinski definition) is 2. The van der Waals surface area contributed by atoms with Crippen LogP contribution in [0.4, 0.5) is 0 Å². The number of aryl methyl sites for hydroxylation is 1. The Morgan fingerprint density at radius 1 is 1.52 bits per heavy atom. The standard InChI is InChI=1S/C20H27N3O5S/c1-4-8-27-11-14(24)9-23(13-6-7-13)10-15-21-18(25)16-12(3)17(20(26)28-5-2)29-19(16)22-15/h4,13-14,24H,1,5-11H2,2-3H3,(H,21,22,25). The number of carbonyl (C=O) groups is 1. The van der Waals surface area contributed by atoms with E-state index in [1.807, 2.05) is 0 Å². The van der Waals surface area contributed by atoms with E-state index in [1.54, 1.807) is 19.9 Å². The molecular formula is C20H27N3O5S.